The molecule has 1 aliphatic heterocycles. The number of carbonyl (C=O) groups is 2. The Morgan fingerprint density at radius 3 is 2.65 bits per heavy atom. The Balaban J connectivity index is 1.96. The number of imide groups is 1. The first-order valence-electron chi connectivity index (χ1n) is 6.23. The molecule has 2 N–H and O–H groups in total. The molecule has 2 amide bonds. The van der Waals surface area contributed by atoms with Crippen LogP contribution in [-0.2, 0) is 6.54 Å². The van der Waals surface area contributed by atoms with Gasteiger partial charge in [0, 0.05) is 18.1 Å². The van der Waals surface area contributed by atoms with Gasteiger partial charge >= 0.3 is 0 Å². The Morgan fingerprint density at radius 2 is 1.90 bits per heavy atom. The van der Waals surface area contributed by atoms with E-state index in [-0.39, 0.29) is 18.4 Å². The molecule has 1 aliphatic rings. The number of rotatable bonds is 2. The number of benzene rings is 1. The van der Waals surface area contributed by atoms with Crippen molar-refractivity contribution in [3.8, 4) is 0 Å². The molecule has 20 heavy (non-hydrogen) atoms. The van der Waals surface area contributed by atoms with Gasteiger partial charge in [-0.2, -0.15) is 0 Å². The summed E-state index contributed by atoms with van der Waals surface area (Å²) in [5.74, 6) is -0.589. The summed E-state index contributed by atoms with van der Waals surface area (Å²) in [6, 6.07) is 6.63. The predicted octanol–water partition coefficient (Wildman–Crippen LogP) is 1.77. The summed E-state index contributed by atoms with van der Waals surface area (Å²) in [5, 5.41) is 0. The molecular formula is C15H13N3O2. The summed E-state index contributed by atoms with van der Waals surface area (Å²) >= 11 is 0. The van der Waals surface area contributed by atoms with Crippen LogP contribution in [-0.4, -0.2) is 21.7 Å². The lowest BCUT2D eigenvalue weighted by Crippen LogP contribution is -2.29. The zero-order valence-electron chi connectivity index (χ0n) is 11.0. The number of aromatic nitrogens is 1. The van der Waals surface area contributed by atoms with Crippen molar-refractivity contribution in [1.82, 2.24) is 9.88 Å². The third-order valence-corrected chi connectivity index (χ3v) is 3.47. The minimum Gasteiger partial charge on any atom is -0.399 e. The topological polar surface area (TPSA) is 76.3 Å². The molecule has 1 aromatic heterocycles. The number of hydrogen-bond donors (Lipinski definition) is 1. The summed E-state index contributed by atoms with van der Waals surface area (Å²) in [6.07, 6.45) is 3.36. The number of pyridine rings is 1. The molecular weight excluding hydrogens is 254 g/mol. The molecule has 3 rings (SSSR count). The fraction of sp³-hybridized carbons (Fsp3) is 0.133. The van der Waals surface area contributed by atoms with Crippen LogP contribution in [0.2, 0.25) is 0 Å². The van der Waals surface area contributed by atoms with Gasteiger partial charge in [-0.15, -0.1) is 0 Å². The van der Waals surface area contributed by atoms with Crippen LogP contribution in [0.5, 0.6) is 0 Å². The first kappa shape index (κ1) is 12.3. The number of nitrogens with zero attached hydrogens (tertiary/aromatic N) is 2. The summed E-state index contributed by atoms with van der Waals surface area (Å²) in [7, 11) is 0. The molecule has 100 valence electrons. The Bertz CT molecular complexity index is 725. The van der Waals surface area contributed by atoms with Crippen molar-refractivity contribution < 1.29 is 9.59 Å². The van der Waals surface area contributed by atoms with Crippen molar-refractivity contribution in [3.05, 3.63) is 58.9 Å². The van der Waals surface area contributed by atoms with Gasteiger partial charge in [0.05, 0.1) is 17.7 Å². The fourth-order valence-electron chi connectivity index (χ4n) is 2.28. The monoisotopic (exact) mass is 267 g/mol. The highest BCUT2D eigenvalue weighted by Crippen LogP contribution is 2.26. The smallest absolute Gasteiger partial charge is 0.261 e. The third kappa shape index (κ3) is 1.84. The number of nitrogen functional groups attached to an aromatic ring is 1. The van der Waals surface area contributed by atoms with Gasteiger partial charge in [-0.1, -0.05) is 0 Å². The number of anilines is 1. The van der Waals surface area contributed by atoms with Crippen molar-refractivity contribution >= 4 is 17.5 Å². The fourth-order valence-corrected chi connectivity index (χ4v) is 2.28. The Hall–Kier alpha value is -2.69. The zero-order chi connectivity index (χ0) is 14.3. The number of hydrogen-bond acceptors (Lipinski definition) is 4. The van der Waals surface area contributed by atoms with Crippen LogP contribution in [0.1, 0.15) is 31.8 Å². The summed E-state index contributed by atoms with van der Waals surface area (Å²) in [6.45, 7) is 2.15. The lowest BCUT2D eigenvalue weighted by molar-refractivity contribution is 0.0642. The van der Waals surface area contributed by atoms with Crippen molar-refractivity contribution in [2.45, 2.75) is 13.5 Å². The van der Waals surface area contributed by atoms with Crippen LogP contribution in [0.15, 0.2) is 36.7 Å². The van der Waals surface area contributed by atoms with E-state index >= 15 is 0 Å². The first-order chi connectivity index (χ1) is 9.58. The van der Waals surface area contributed by atoms with Gasteiger partial charge in [0.2, 0.25) is 0 Å². The molecule has 2 heterocycles. The number of fused-ring (bicyclic) bond motifs is 1. The lowest BCUT2D eigenvalue weighted by atomic mass is 10.1. The second-order valence-corrected chi connectivity index (χ2v) is 4.80. The second kappa shape index (κ2) is 4.45. The largest absolute Gasteiger partial charge is 0.399 e. The Kier molecular flexibility index (Phi) is 2.75. The van der Waals surface area contributed by atoms with Crippen molar-refractivity contribution in [1.29, 1.82) is 0 Å². The van der Waals surface area contributed by atoms with Crippen LogP contribution in [0.25, 0.3) is 0 Å². The Morgan fingerprint density at radius 1 is 1.15 bits per heavy atom. The van der Waals surface area contributed by atoms with E-state index in [1.54, 1.807) is 30.6 Å². The van der Waals surface area contributed by atoms with E-state index in [4.69, 9.17) is 5.73 Å². The quantitative estimate of drug-likeness (QED) is 0.664. The van der Waals surface area contributed by atoms with Gasteiger partial charge < -0.3 is 5.73 Å². The summed E-state index contributed by atoms with van der Waals surface area (Å²) < 4.78 is 0. The van der Waals surface area contributed by atoms with Crippen molar-refractivity contribution in [2.24, 2.45) is 0 Å². The van der Waals surface area contributed by atoms with Gasteiger partial charge in [-0.3, -0.25) is 19.5 Å². The zero-order valence-corrected chi connectivity index (χ0v) is 11.0. The molecule has 0 spiro atoms. The number of aryl methyl sites for hydroxylation is 1. The van der Waals surface area contributed by atoms with Crippen LogP contribution in [0.3, 0.4) is 0 Å². The van der Waals surface area contributed by atoms with E-state index in [1.165, 1.54) is 4.90 Å². The Labute approximate surface area is 116 Å². The van der Waals surface area contributed by atoms with Gasteiger partial charge in [0.25, 0.3) is 11.8 Å². The maximum atomic E-state index is 12.3. The standard InChI is InChI=1S/C15H13N3O2/c1-9-4-5-17-7-10(9)8-18-14(19)12-3-2-11(16)6-13(12)15(18)20/h2-7H,8,16H2,1H3. The SMILES string of the molecule is Cc1ccncc1CN1C(=O)c2ccc(N)cc2C1=O. The molecule has 1 aromatic carbocycles. The molecule has 0 radical (unpaired) electrons. The molecule has 0 fully saturated rings. The molecule has 0 bridgehead atoms. The highest BCUT2D eigenvalue weighted by molar-refractivity contribution is 6.21. The summed E-state index contributed by atoms with van der Waals surface area (Å²) in [4.78, 5) is 29.8. The lowest BCUT2D eigenvalue weighted by Gasteiger charge is -2.14. The minimum atomic E-state index is -0.305. The van der Waals surface area contributed by atoms with Crippen LogP contribution < -0.4 is 5.73 Å². The second-order valence-electron chi connectivity index (χ2n) is 4.80. The van der Waals surface area contributed by atoms with Crippen LogP contribution in [0.4, 0.5) is 5.69 Å². The maximum Gasteiger partial charge on any atom is 0.261 e. The molecule has 0 saturated carbocycles. The van der Waals surface area contributed by atoms with Gasteiger partial charge in [0.1, 0.15) is 0 Å². The number of carbonyl (C=O) groups excluding carboxylic acids is 2. The van der Waals surface area contributed by atoms with E-state index in [0.29, 0.717) is 16.8 Å². The van der Waals surface area contributed by atoms with Gasteiger partial charge in [-0.05, 0) is 42.3 Å². The third-order valence-electron chi connectivity index (χ3n) is 3.47. The molecule has 5 heteroatoms. The first-order valence-corrected chi connectivity index (χ1v) is 6.23. The normalized spacial score (nSPS) is 13.8. The number of amides is 2. The van der Waals surface area contributed by atoms with Gasteiger partial charge in [-0.25, -0.2) is 0 Å². The highest BCUT2D eigenvalue weighted by Gasteiger charge is 2.35. The maximum absolute atomic E-state index is 12.3. The van der Waals surface area contributed by atoms with Gasteiger partial charge in [0.15, 0.2) is 0 Å². The molecule has 0 aliphatic carbocycles. The van der Waals surface area contributed by atoms with Crippen molar-refractivity contribution in [3.63, 3.8) is 0 Å². The molecule has 2 aromatic rings. The molecule has 0 saturated heterocycles. The highest BCUT2D eigenvalue weighted by atomic mass is 16.2. The van der Waals surface area contributed by atoms with Crippen LogP contribution in [0, 0.1) is 6.92 Å². The number of nitrogens with two attached hydrogens (primary N) is 1. The molecule has 0 atom stereocenters. The van der Waals surface area contributed by atoms with Crippen molar-refractivity contribution in [2.75, 3.05) is 5.73 Å². The average Bonchev–Trinajstić information content (AvgIpc) is 2.66. The van der Waals surface area contributed by atoms with E-state index in [2.05, 4.69) is 4.98 Å². The minimum absolute atomic E-state index is 0.228. The van der Waals surface area contributed by atoms with E-state index < -0.39 is 0 Å². The predicted molar refractivity (Wildman–Crippen MR) is 74.0 cm³/mol. The summed E-state index contributed by atoms with van der Waals surface area (Å²) in [5.41, 5.74) is 8.78. The van der Waals surface area contributed by atoms with E-state index in [9.17, 15) is 9.59 Å². The molecule has 5 nitrogen and oxygen atoms in total. The molecule has 0 unspecified atom stereocenters. The van der Waals surface area contributed by atoms with Crippen LogP contribution >= 0.6 is 0 Å². The average molecular weight is 267 g/mol. The van der Waals surface area contributed by atoms with E-state index in [1.807, 2.05) is 13.0 Å². The van der Waals surface area contributed by atoms with E-state index in [0.717, 1.165) is 11.1 Å².